The Morgan fingerprint density at radius 3 is 2.26 bits per heavy atom. The van der Waals surface area contributed by atoms with Crippen molar-refractivity contribution >= 4 is 29.1 Å². The molecule has 0 radical (unpaired) electrons. The molecule has 0 spiro atoms. The molecule has 1 atom stereocenters. The van der Waals surface area contributed by atoms with Crippen LogP contribution in [0.3, 0.4) is 0 Å². The number of piperazine rings is 1. The van der Waals surface area contributed by atoms with Crippen molar-refractivity contribution in [1.29, 1.82) is 0 Å². The van der Waals surface area contributed by atoms with Gasteiger partial charge in [0.05, 0.1) is 23.4 Å². The van der Waals surface area contributed by atoms with Crippen LogP contribution < -0.4 is 16.0 Å². The second kappa shape index (κ2) is 10.2. The number of rotatable bonds is 6. The van der Waals surface area contributed by atoms with E-state index < -0.39 is 11.8 Å². The minimum atomic E-state index is -0.541. The summed E-state index contributed by atoms with van der Waals surface area (Å²) in [6.07, 6.45) is 3.25. The van der Waals surface area contributed by atoms with E-state index in [0.717, 1.165) is 5.69 Å². The number of amides is 3. The number of nitrogens with one attached hydrogen (secondary N) is 1. The number of hydrogen-bond acceptors (Lipinski definition) is 5. The Morgan fingerprint density at radius 1 is 0.912 bits per heavy atom. The molecule has 4 rings (SSSR count). The second-order valence-corrected chi connectivity index (χ2v) is 8.20. The van der Waals surface area contributed by atoms with Gasteiger partial charge in [0.2, 0.25) is 11.8 Å². The minimum absolute atomic E-state index is 0.0454. The lowest BCUT2D eigenvalue weighted by Gasteiger charge is -2.38. The first-order chi connectivity index (χ1) is 16.5. The molecule has 8 nitrogen and oxygen atoms in total. The Morgan fingerprint density at radius 2 is 1.59 bits per heavy atom. The van der Waals surface area contributed by atoms with Gasteiger partial charge in [0.1, 0.15) is 0 Å². The number of pyridine rings is 1. The number of carbonyl (C=O) groups excluding carboxylic acids is 3. The number of anilines is 2. The Balaban J connectivity index is 1.44. The highest BCUT2D eigenvalue weighted by Gasteiger charge is 2.29. The number of para-hydroxylation sites is 1. The van der Waals surface area contributed by atoms with Gasteiger partial charge in [-0.15, -0.1) is 0 Å². The average Bonchev–Trinajstić information content (AvgIpc) is 2.88. The summed E-state index contributed by atoms with van der Waals surface area (Å²) in [6.45, 7) is 4.01. The van der Waals surface area contributed by atoms with Gasteiger partial charge >= 0.3 is 0 Å². The van der Waals surface area contributed by atoms with Gasteiger partial charge in [-0.3, -0.25) is 19.4 Å². The predicted molar refractivity (Wildman–Crippen MR) is 131 cm³/mol. The normalized spacial score (nSPS) is 14.4. The SMILES string of the molecule is C[C@H](C(=O)N1CCN(c2ccccc2C(=O)Nc2cccnc2)CC1)c1ccccc1C(N)=O. The van der Waals surface area contributed by atoms with E-state index in [0.29, 0.717) is 48.6 Å². The number of benzene rings is 2. The number of primary amides is 1. The molecule has 0 aliphatic carbocycles. The molecule has 3 amide bonds. The maximum Gasteiger partial charge on any atom is 0.257 e. The number of carbonyl (C=O) groups is 3. The highest BCUT2D eigenvalue weighted by molar-refractivity contribution is 6.08. The lowest BCUT2D eigenvalue weighted by Crippen LogP contribution is -2.50. The lowest BCUT2D eigenvalue weighted by atomic mass is 9.94. The first-order valence-corrected chi connectivity index (χ1v) is 11.2. The van der Waals surface area contributed by atoms with E-state index in [4.69, 9.17) is 5.73 Å². The van der Waals surface area contributed by atoms with Crippen LogP contribution in [0.2, 0.25) is 0 Å². The van der Waals surface area contributed by atoms with Crippen molar-refractivity contribution in [2.75, 3.05) is 36.4 Å². The van der Waals surface area contributed by atoms with Crippen molar-refractivity contribution < 1.29 is 14.4 Å². The third kappa shape index (κ3) is 4.91. The molecule has 1 fully saturated rings. The summed E-state index contributed by atoms with van der Waals surface area (Å²) >= 11 is 0. The molecule has 34 heavy (non-hydrogen) atoms. The van der Waals surface area contributed by atoms with Crippen LogP contribution in [0.4, 0.5) is 11.4 Å². The molecule has 174 valence electrons. The zero-order chi connectivity index (χ0) is 24.1. The molecular formula is C26H27N5O3. The highest BCUT2D eigenvalue weighted by Crippen LogP contribution is 2.26. The standard InChI is InChI=1S/C26H27N5O3/c1-18(20-8-2-3-9-21(20)24(27)32)26(34)31-15-13-30(14-16-31)23-11-5-4-10-22(23)25(33)29-19-7-6-12-28-17-19/h2-12,17-18H,13-16H2,1H3,(H2,27,32)(H,29,33)/t18-/m0/s1. The molecule has 2 heterocycles. The van der Waals surface area contributed by atoms with E-state index in [-0.39, 0.29) is 11.8 Å². The average molecular weight is 458 g/mol. The third-order valence-electron chi connectivity index (χ3n) is 6.06. The van der Waals surface area contributed by atoms with Crippen LogP contribution in [0.15, 0.2) is 73.1 Å². The molecular weight excluding hydrogens is 430 g/mol. The smallest absolute Gasteiger partial charge is 0.257 e. The molecule has 3 aromatic rings. The monoisotopic (exact) mass is 457 g/mol. The van der Waals surface area contributed by atoms with E-state index in [1.807, 2.05) is 18.2 Å². The van der Waals surface area contributed by atoms with Crippen LogP contribution in [0.1, 0.15) is 39.1 Å². The molecule has 0 saturated carbocycles. The fraction of sp³-hybridized carbons (Fsp3) is 0.231. The Hall–Kier alpha value is -4.20. The van der Waals surface area contributed by atoms with Crippen molar-refractivity contribution in [2.45, 2.75) is 12.8 Å². The second-order valence-electron chi connectivity index (χ2n) is 8.20. The van der Waals surface area contributed by atoms with E-state index in [1.54, 1.807) is 66.7 Å². The van der Waals surface area contributed by atoms with E-state index in [9.17, 15) is 14.4 Å². The molecule has 0 unspecified atom stereocenters. The van der Waals surface area contributed by atoms with Crippen molar-refractivity contribution in [2.24, 2.45) is 5.73 Å². The van der Waals surface area contributed by atoms with Crippen LogP contribution >= 0.6 is 0 Å². The number of aromatic nitrogens is 1. The summed E-state index contributed by atoms with van der Waals surface area (Å²) < 4.78 is 0. The maximum atomic E-state index is 13.2. The fourth-order valence-electron chi connectivity index (χ4n) is 4.25. The summed E-state index contributed by atoms with van der Waals surface area (Å²) in [5.41, 5.74) is 8.52. The zero-order valence-corrected chi connectivity index (χ0v) is 19.0. The summed E-state index contributed by atoms with van der Waals surface area (Å²) in [5, 5.41) is 2.88. The largest absolute Gasteiger partial charge is 0.367 e. The zero-order valence-electron chi connectivity index (χ0n) is 19.0. The number of nitrogens with zero attached hydrogens (tertiary/aromatic N) is 3. The van der Waals surface area contributed by atoms with E-state index >= 15 is 0 Å². The minimum Gasteiger partial charge on any atom is -0.367 e. The molecule has 1 aliphatic rings. The van der Waals surface area contributed by atoms with Crippen molar-refractivity contribution in [3.05, 3.63) is 89.7 Å². The maximum absolute atomic E-state index is 13.2. The van der Waals surface area contributed by atoms with Gasteiger partial charge in [0.25, 0.3) is 5.91 Å². The lowest BCUT2D eigenvalue weighted by molar-refractivity contribution is -0.132. The van der Waals surface area contributed by atoms with Crippen molar-refractivity contribution in [3.8, 4) is 0 Å². The predicted octanol–water partition coefficient (Wildman–Crippen LogP) is 2.89. The van der Waals surface area contributed by atoms with Gasteiger partial charge in [-0.05, 0) is 42.8 Å². The van der Waals surface area contributed by atoms with Crippen LogP contribution in [-0.2, 0) is 4.79 Å². The van der Waals surface area contributed by atoms with Crippen LogP contribution in [-0.4, -0.2) is 53.8 Å². The van der Waals surface area contributed by atoms with Gasteiger partial charge in [-0.1, -0.05) is 30.3 Å². The quantitative estimate of drug-likeness (QED) is 0.592. The third-order valence-corrected chi connectivity index (χ3v) is 6.06. The topological polar surface area (TPSA) is 109 Å². The van der Waals surface area contributed by atoms with Crippen LogP contribution in [0.25, 0.3) is 0 Å². The summed E-state index contributed by atoms with van der Waals surface area (Å²) in [6, 6.07) is 18.0. The van der Waals surface area contributed by atoms with Gasteiger partial charge in [-0.25, -0.2) is 0 Å². The Bertz CT molecular complexity index is 1190. The molecule has 3 N–H and O–H groups in total. The van der Waals surface area contributed by atoms with Gasteiger partial charge < -0.3 is 20.9 Å². The first kappa shape index (κ1) is 23.0. The molecule has 1 saturated heterocycles. The van der Waals surface area contributed by atoms with Crippen LogP contribution in [0.5, 0.6) is 0 Å². The highest BCUT2D eigenvalue weighted by atomic mass is 16.2. The number of nitrogens with two attached hydrogens (primary N) is 1. The summed E-state index contributed by atoms with van der Waals surface area (Å²) in [5.74, 6) is -1.27. The van der Waals surface area contributed by atoms with Gasteiger partial charge in [-0.2, -0.15) is 0 Å². The van der Waals surface area contributed by atoms with Crippen molar-refractivity contribution in [1.82, 2.24) is 9.88 Å². The van der Waals surface area contributed by atoms with Gasteiger partial charge in [0, 0.05) is 43.6 Å². The molecule has 1 aromatic heterocycles. The molecule has 2 aromatic carbocycles. The van der Waals surface area contributed by atoms with E-state index in [2.05, 4.69) is 15.2 Å². The molecule has 0 bridgehead atoms. The van der Waals surface area contributed by atoms with E-state index in [1.165, 1.54) is 0 Å². The first-order valence-electron chi connectivity index (χ1n) is 11.2. The fourth-order valence-corrected chi connectivity index (χ4v) is 4.25. The summed E-state index contributed by atoms with van der Waals surface area (Å²) in [7, 11) is 0. The van der Waals surface area contributed by atoms with Crippen molar-refractivity contribution in [3.63, 3.8) is 0 Å². The number of hydrogen-bond donors (Lipinski definition) is 2. The van der Waals surface area contributed by atoms with Crippen LogP contribution in [0, 0.1) is 0 Å². The summed E-state index contributed by atoms with van der Waals surface area (Å²) in [4.78, 5) is 45.8. The van der Waals surface area contributed by atoms with Gasteiger partial charge in [0.15, 0.2) is 0 Å². The molecule has 8 heteroatoms. The Kier molecular flexibility index (Phi) is 6.87. The Labute approximate surface area is 198 Å². The molecule has 1 aliphatic heterocycles.